The van der Waals surface area contributed by atoms with Crippen molar-refractivity contribution in [1.82, 2.24) is 14.7 Å². The summed E-state index contributed by atoms with van der Waals surface area (Å²) in [6, 6.07) is 0.297. The topological polar surface area (TPSA) is 52.8 Å². The van der Waals surface area contributed by atoms with E-state index in [0.29, 0.717) is 4.99 Å². The minimum absolute atomic E-state index is 0.115. The van der Waals surface area contributed by atoms with Crippen molar-refractivity contribution in [3.63, 3.8) is 0 Å². The van der Waals surface area contributed by atoms with Crippen LogP contribution in [0.1, 0.15) is 26.7 Å². The van der Waals surface area contributed by atoms with Gasteiger partial charge in [0.2, 0.25) is 0 Å². The molecule has 1 atom stereocenters. The van der Waals surface area contributed by atoms with Crippen LogP contribution >= 0.6 is 12.2 Å². The fraction of sp³-hybridized carbons (Fsp3) is 0.846. The van der Waals surface area contributed by atoms with Crippen LogP contribution in [-0.4, -0.2) is 71.5 Å². The van der Waals surface area contributed by atoms with Gasteiger partial charge >= 0.3 is 6.03 Å². The fourth-order valence-electron chi connectivity index (χ4n) is 2.38. The Labute approximate surface area is 121 Å². The molecule has 0 bridgehead atoms. The molecule has 1 aliphatic rings. The van der Waals surface area contributed by atoms with Crippen LogP contribution in [0.15, 0.2) is 0 Å². The third-order valence-corrected chi connectivity index (χ3v) is 3.99. The number of thiocarbonyl (C=S) groups is 1. The third-order valence-electron chi connectivity index (χ3n) is 3.72. The third kappa shape index (κ3) is 4.31. The highest BCUT2D eigenvalue weighted by atomic mass is 32.1. The highest BCUT2D eigenvalue weighted by Gasteiger charge is 2.27. The zero-order valence-corrected chi connectivity index (χ0v) is 13.1. The predicted octanol–water partition coefficient (Wildman–Crippen LogP) is 1.13. The summed E-state index contributed by atoms with van der Waals surface area (Å²) in [5.74, 6) is 0. The number of nitrogens with two attached hydrogens (primary N) is 1. The molecule has 5 nitrogen and oxygen atoms in total. The molecule has 2 N–H and O–H groups in total. The Morgan fingerprint density at radius 2 is 1.89 bits per heavy atom. The summed E-state index contributed by atoms with van der Waals surface area (Å²) >= 11 is 5.15. The zero-order chi connectivity index (χ0) is 14.4. The molecule has 19 heavy (non-hydrogen) atoms. The van der Waals surface area contributed by atoms with Crippen LogP contribution < -0.4 is 5.73 Å². The molecule has 6 heteroatoms. The van der Waals surface area contributed by atoms with Crippen LogP contribution in [0.5, 0.6) is 0 Å². The number of hydrogen-bond acceptors (Lipinski definition) is 3. The van der Waals surface area contributed by atoms with Gasteiger partial charge in [0.15, 0.2) is 0 Å². The number of carbonyl (C=O) groups is 1. The Morgan fingerprint density at radius 3 is 2.32 bits per heavy atom. The van der Waals surface area contributed by atoms with Crippen LogP contribution in [0.2, 0.25) is 0 Å². The summed E-state index contributed by atoms with van der Waals surface area (Å²) in [5.41, 5.74) is 5.82. The summed E-state index contributed by atoms with van der Waals surface area (Å²) in [5, 5.41) is 0. The summed E-state index contributed by atoms with van der Waals surface area (Å²) in [6.45, 7) is 8.08. The van der Waals surface area contributed by atoms with Gasteiger partial charge in [-0.2, -0.15) is 0 Å². The molecule has 0 saturated carbocycles. The fourth-order valence-corrected chi connectivity index (χ4v) is 2.65. The lowest BCUT2D eigenvalue weighted by atomic mass is 10.1. The van der Waals surface area contributed by atoms with E-state index >= 15 is 0 Å². The molecule has 1 unspecified atom stereocenters. The van der Waals surface area contributed by atoms with E-state index in [-0.39, 0.29) is 12.1 Å². The van der Waals surface area contributed by atoms with Crippen LogP contribution in [0.25, 0.3) is 0 Å². The van der Waals surface area contributed by atoms with E-state index in [1.165, 1.54) is 0 Å². The smallest absolute Gasteiger partial charge is 0.319 e. The van der Waals surface area contributed by atoms with Crippen molar-refractivity contribution in [3.8, 4) is 0 Å². The predicted molar refractivity (Wildman–Crippen MR) is 82.3 cm³/mol. The van der Waals surface area contributed by atoms with Gasteiger partial charge in [0, 0.05) is 39.8 Å². The molecule has 1 aliphatic heterocycles. The first-order valence-corrected chi connectivity index (χ1v) is 7.45. The Hall–Kier alpha value is -0.880. The molecule has 0 aliphatic carbocycles. The molecule has 0 aromatic heterocycles. The lowest BCUT2D eigenvalue weighted by Crippen LogP contribution is -2.56. The molecule has 1 fully saturated rings. The average molecular weight is 286 g/mol. The number of piperazine rings is 1. The Balaban J connectivity index is 2.52. The van der Waals surface area contributed by atoms with E-state index in [4.69, 9.17) is 18.0 Å². The van der Waals surface area contributed by atoms with Crippen molar-refractivity contribution < 1.29 is 4.79 Å². The summed E-state index contributed by atoms with van der Waals surface area (Å²) in [4.78, 5) is 18.6. The first kappa shape index (κ1) is 16.2. The Morgan fingerprint density at radius 1 is 1.32 bits per heavy atom. The molecule has 1 heterocycles. The molecular weight excluding hydrogens is 260 g/mol. The average Bonchev–Trinajstić information content (AvgIpc) is 2.43. The zero-order valence-electron chi connectivity index (χ0n) is 12.3. The second-order valence-electron chi connectivity index (χ2n) is 5.03. The highest BCUT2D eigenvalue weighted by molar-refractivity contribution is 7.80. The second-order valence-corrected chi connectivity index (χ2v) is 5.50. The van der Waals surface area contributed by atoms with Gasteiger partial charge in [0.25, 0.3) is 0 Å². The van der Waals surface area contributed by atoms with Gasteiger partial charge in [-0.25, -0.2) is 4.79 Å². The van der Waals surface area contributed by atoms with Crippen LogP contribution in [0.3, 0.4) is 0 Å². The first-order valence-electron chi connectivity index (χ1n) is 7.04. The van der Waals surface area contributed by atoms with Crippen molar-refractivity contribution >= 4 is 23.2 Å². The van der Waals surface area contributed by atoms with E-state index in [1.807, 2.05) is 18.9 Å². The van der Waals surface area contributed by atoms with Gasteiger partial charge in [0.05, 0.1) is 11.0 Å². The Kier molecular flexibility index (Phi) is 6.51. The van der Waals surface area contributed by atoms with E-state index in [1.54, 1.807) is 4.90 Å². The number of rotatable bonds is 5. The first-order chi connectivity index (χ1) is 9.01. The minimum Gasteiger partial charge on any atom is -0.392 e. The van der Waals surface area contributed by atoms with Gasteiger partial charge in [-0.05, 0) is 13.3 Å². The molecule has 0 aromatic rings. The molecule has 0 aromatic carbocycles. The van der Waals surface area contributed by atoms with Crippen LogP contribution in [-0.2, 0) is 0 Å². The number of amides is 2. The van der Waals surface area contributed by atoms with Crippen molar-refractivity contribution in [1.29, 1.82) is 0 Å². The maximum absolute atomic E-state index is 12.0. The maximum atomic E-state index is 12.0. The molecule has 110 valence electrons. The molecular formula is C13H26N4OS. The largest absolute Gasteiger partial charge is 0.392 e. The van der Waals surface area contributed by atoms with Gasteiger partial charge in [0.1, 0.15) is 0 Å². The van der Waals surface area contributed by atoms with E-state index < -0.39 is 0 Å². The molecule has 0 spiro atoms. The van der Waals surface area contributed by atoms with E-state index in [0.717, 1.165) is 45.6 Å². The van der Waals surface area contributed by atoms with Crippen LogP contribution in [0, 0.1) is 0 Å². The lowest BCUT2D eigenvalue weighted by molar-refractivity contribution is 0.108. The van der Waals surface area contributed by atoms with Crippen molar-refractivity contribution in [2.45, 2.75) is 32.7 Å². The summed E-state index contributed by atoms with van der Waals surface area (Å²) in [6.07, 6.45) is 2.07. The number of urea groups is 1. The minimum atomic E-state index is 0.115. The van der Waals surface area contributed by atoms with Crippen molar-refractivity contribution in [2.75, 3.05) is 39.8 Å². The van der Waals surface area contributed by atoms with Gasteiger partial charge in [-0.1, -0.05) is 25.6 Å². The number of hydrogen-bond donors (Lipinski definition) is 1. The monoisotopic (exact) mass is 286 g/mol. The molecule has 1 saturated heterocycles. The maximum Gasteiger partial charge on any atom is 0.319 e. The number of carbonyl (C=O) groups excluding carboxylic acids is 1. The molecule has 1 rings (SSSR count). The summed E-state index contributed by atoms with van der Waals surface area (Å²) < 4.78 is 0. The lowest BCUT2D eigenvalue weighted by Gasteiger charge is -2.39. The number of nitrogens with zero attached hydrogens (tertiary/aromatic N) is 3. The van der Waals surface area contributed by atoms with Gasteiger partial charge in [-0.15, -0.1) is 0 Å². The quantitative estimate of drug-likeness (QED) is 0.770. The van der Waals surface area contributed by atoms with Crippen LogP contribution in [0.4, 0.5) is 4.79 Å². The summed E-state index contributed by atoms with van der Waals surface area (Å²) in [7, 11) is 1.84. The van der Waals surface area contributed by atoms with E-state index in [2.05, 4.69) is 11.8 Å². The van der Waals surface area contributed by atoms with E-state index in [9.17, 15) is 4.79 Å². The molecule has 0 radical (unpaired) electrons. The van der Waals surface area contributed by atoms with Crippen molar-refractivity contribution in [3.05, 3.63) is 0 Å². The standard InChI is InChI=1S/C13H26N4OS/c1-4-6-11(12(14)19)16-7-9-17(10-8-16)13(18)15(3)5-2/h11H,4-10H2,1-3H3,(H2,14,19). The van der Waals surface area contributed by atoms with Crippen molar-refractivity contribution in [2.24, 2.45) is 5.73 Å². The molecule has 2 amide bonds. The normalized spacial score (nSPS) is 18.2. The second kappa shape index (κ2) is 7.65. The highest BCUT2D eigenvalue weighted by Crippen LogP contribution is 2.12. The van der Waals surface area contributed by atoms with Gasteiger partial charge in [-0.3, -0.25) is 4.90 Å². The van der Waals surface area contributed by atoms with Gasteiger partial charge < -0.3 is 15.5 Å². The SMILES string of the molecule is CCCC(C(N)=S)N1CCN(C(=O)N(C)CC)CC1. The Bertz CT molecular complexity index is 316.